The van der Waals surface area contributed by atoms with E-state index in [1.165, 1.54) is 58.2 Å². The van der Waals surface area contributed by atoms with Crippen LogP contribution in [-0.4, -0.2) is 62.8 Å². The van der Waals surface area contributed by atoms with E-state index in [2.05, 4.69) is 48.2 Å². The fourth-order valence-corrected chi connectivity index (χ4v) is 4.31. The van der Waals surface area contributed by atoms with Crippen molar-refractivity contribution in [1.29, 1.82) is 0 Å². The Morgan fingerprint density at radius 1 is 1.19 bits per heavy atom. The number of piperidine rings is 1. The van der Waals surface area contributed by atoms with Crippen LogP contribution in [0.25, 0.3) is 0 Å². The normalized spacial score (nSPS) is 26.7. The maximum Gasteiger partial charge on any atom is 0.191 e. The van der Waals surface area contributed by atoms with Gasteiger partial charge >= 0.3 is 0 Å². The molecule has 2 fully saturated rings. The molecule has 0 radical (unpaired) electrons. The lowest BCUT2D eigenvalue weighted by Crippen LogP contribution is -2.51. The highest BCUT2D eigenvalue weighted by atomic mass is 16.5. The van der Waals surface area contributed by atoms with Crippen LogP contribution < -0.4 is 10.6 Å². The monoisotopic (exact) mass is 366 g/mol. The number of rotatable bonds is 6. The first kappa shape index (κ1) is 21.5. The van der Waals surface area contributed by atoms with Gasteiger partial charge in [0, 0.05) is 45.2 Å². The summed E-state index contributed by atoms with van der Waals surface area (Å²) in [6, 6.07) is 0.542. The summed E-state index contributed by atoms with van der Waals surface area (Å²) in [6.45, 7) is 14.6. The van der Waals surface area contributed by atoms with E-state index in [0.717, 1.165) is 19.1 Å². The molecule has 0 amide bonds. The van der Waals surface area contributed by atoms with Gasteiger partial charge in [-0.25, -0.2) is 0 Å². The van der Waals surface area contributed by atoms with Crippen molar-refractivity contribution in [2.45, 2.75) is 78.4 Å². The number of likely N-dealkylation sites (tertiary alicyclic amines) is 1. The molecule has 2 aliphatic heterocycles. The van der Waals surface area contributed by atoms with Crippen molar-refractivity contribution in [1.82, 2.24) is 15.5 Å². The van der Waals surface area contributed by atoms with E-state index in [9.17, 15) is 0 Å². The molecule has 0 aromatic carbocycles. The summed E-state index contributed by atoms with van der Waals surface area (Å²) in [4.78, 5) is 7.06. The highest BCUT2D eigenvalue weighted by Gasteiger charge is 2.35. The molecule has 2 heterocycles. The summed E-state index contributed by atoms with van der Waals surface area (Å²) in [7, 11) is 1.88. The maximum atomic E-state index is 6.11. The molecule has 0 bridgehead atoms. The van der Waals surface area contributed by atoms with Crippen molar-refractivity contribution >= 4 is 5.96 Å². The van der Waals surface area contributed by atoms with Gasteiger partial charge in [-0.2, -0.15) is 0 Å². The second-order valence-electron chi connectivity index (χ2n) is 9.13. The Balaban J connectivity index is 1.76. The van der Waals surface area contributed by atoms with Gasteiger partial charge in [0.25, 0.3) is 0 Å². The van der Waals surface area contributed by atoms with Gasteiger partial charge in [0.15, 0.2) is 5.96 Å². The Morgan fingerprint density at radius 3 is 2.54 bits per heavy atom. The van der Waals surface area contributed by atoms with Crippen LogP contribution in [0.4, 0.5) is 0 Å². The van der Waals surface area contributed by atoms with Crippen molar-refractivity contribution in [2.24, 2.45) is 16.3 Å². The number of nitrogens with one attached hydrogen (secondary N) is 2. The number of hydrogen-bond donors (Lipinski definition) is 2. The fourth-order valence-electron chi connectivity index (χ4n) is 4.31. The predicted octanol–water partition coefficient (Wildman–Crippen LogP) is 3.26. The largest absolute Gasteiger partial charge is 0.377 e. The van der Waals surface area contributed by atoms with Crippen LogP contribution in [-0.2, 0) is 4.74 Å². The van der Waals surface area contributed by atoms with Crippen molar-refractivity contribution in [2.75, 3.05) is 39.8 Å². The molecule has 2 unspecified atom stereocenters. The molecule has 0 saturated carbocycles. The number of aliphatic imine (C=N–C) groups is 1. The van der Waals surface area contributed by atoms with Gasteiger partial charge < -0.3 is 20.3 Å². The third-order valence-corrected chi connectivity index (χ3v) is 5.81. The maximum absolute atomic E-state index is 6.11. The molecular weight excluding hydrogens is 324 g/mol. The number of nitrogens with zero attached hydrogens (tertiary/aromatic N) is 2. The van der Waals surface area contributed by atoms with Gasteiger partial charge in [-0.05, 0) is 44.1 Å². The van der Waals surface area contributed by atoms with E-state index in [4.69, 9.17) is 4.74 Å². The zero-order chi connectivity index (χ0) is 19.0. The van der Waals surface area contributed by atoms with E-state index >= 15 is 0 Å². The molecule has 2 saturated heterocycles. The highest BCUT2D eigenvalue weighted by molar-refractivity contribution is 5.79. The lowest BCUT2D eigenvalue weighted by molar-refractivity contribution is -0.0835. The predicted molar refractivity (Wildman–Crippen MR) is 111 cm³/mol. The molecule has 2 aliphatic rings. The van der Waals surface area contributed by atoms with Crippen molar-refractivity contribution < 1.29 is 4.74 Å². The molecule has 2 atom stereocenters. The third-order valence-electron chi connectivity index (χ3n) is 5.81. The number of guanidine groups is 1. The van der Waals surface area contributed by atoms with Crippen LogP contribution in [0.15, 0.2) is 4.99 Å². The highest BCUT2D eigenvalue weighted by Crippen LogP contribution is 2.33. The van der Waals surface area contributed by atoms with E-state index in [1.54, 1.807) is 0 Å². The molecular formula is C21H42N4O. The average molecular weight is 367 g/mol. The number of hydrogen-bond acceptors (Lipinski definition) is 3. The topological polar surface area (TPSA) is 48.9 Å². The summed E-state index contributed by atoms with van der Waals surface area (Å²) < 4.78 is 6.11. The molecule has 0 aromatic heterocycles. The first-order chi connectivity index (χ1) is 12.4. The lowest BCUT2D eigenvalue weighted by atomic mass is 9.78. The fraction of sp³-hybridized carbons (Fsp3) is 0.952. The Labute approximate surface area is 161 Å². The van der Waals surface area contributed by atoms with Crippen LogP contribution in [0.2, 0.25) is 0 Å². The molecule has 0 spiro atoms. The second kappa shape index (κ2) is 10.5. The minimum atomic E-state index is 0.190. The molecule has 0 aliphatic carbocycles. The van der Waals surface area contributed by atoms with Gasteiger partial charge in [0.05, 0.1) is 6.10 Å². The van der Waals surface area contributed by atoms with E-state index in [1.807, 2.05) is 7.05 Å². The number of unbranched alkanes of at least 4 members (excludes halogenated alkanes) is 1. The quantitative estimate of drug-likeness (QED) is 0.560. The first-order valence-corrected chi connectivity index (χ1v) is 10.7. The summed E-state index contributed by atoms with van der Waals surface area (Å²) in [5.74, 6) is 1.51. The zero-order valence-electron chi connectivity index (χ0n) is 17.8. The van der Waals surface area contributed by atoms with Crippen LogP contribution in [0, 0.1) is 11.3 Å². The molecule has 5 nitrogen and oxygen atoms in total. The Hall–Kier alpha value is -0.810. The van der Waals surface area contributed by atoms with E-state index < -0.39 is 0 Å². The summed E-state index contributed by atoms with van der Waals surface area (Å²) in [5, 5.41) is 7.23. The van der Waals surface area contributed by atoms with E-state index in [0.29, 0.717) is 18.1 Å². The van der Waals surface area contributed by atoms with Crippen molar-refractivity contribution in [3.05, 3.63) is 0 Å². The molecule has 152 valence electrons. The minimum Gasteiger partial charge on any atom is -0.377 e. The molecule has 26 heavy (non-hydrogen) atoms. The molecule has 0 aromatic rings. The van der Waals surface area contributed by atoms with Gasteiger partial charge in [-0.3, -0.25) is 4.99 Å². The van der Waals surface area contributed by atoms with Crippen LogP contribution in [0.5, 0.6) is 0 Å². The Kier molecular flexibility index (Phi) is 8.68. The second-order valence-corrected chi connectivity index (χ2v) is 9.13. The summed E-state index contributed by atoms with van der Waals surface area (Å²) in [6.07, 6.45) is 7.75. The summed E-state index contributed by atoms with van der Waals surface area (Å²) >= 11 is 0. The molecule has 2 N–H and O–H groups in total. The summed E-state index contributed by atoms with van der Waals surface area (Å²) in [5.41, 5.74) is 0.190. The standard InChI is InChI=1S/C21H42N4O/c1-6-7-12-25-13-10-18(11-14-25)24-20(22-5)23-16-17-9-8-15-26-19(17)21(2,3)4/h17-19H,6-16H2,1-5H3,(H2,22,23,24). The first-order valence-electron chi connectivity index (χ1n) is 10.7. The van der Waals surface area contributed by atoms with Gasteiger partial charge in [-0.15, -0.1) is 0 Å². The Bertz CT molecular complexity index is 424. The van der Waals surface area contributed by atoms with Gasteiger partial charge in [0.2, 0.25) is 0 Å². The smallest absolute Gasteiger partial charge is 0.191 e. The molecule has 5 heteroatoms. The van der Waals surface area contributed by atoms with Gasteiger partial charge in [-0.1, -0.05) is 34.1 Å². The SMILES string of the molecule is CCCCN1CCC(NC(=NC)NCC2CCCOC2C(C)(C)C)CC1. The van der Waals surface area contributed by atoms with E-state index in [-0.39, 0.29) is 5.41 Å². The third kappa shape index (κ3) is 6.73. The van der Waals surface area contributed by atoms with Crippen LogP contribution in [0.3, 0.4) is 0 Å². The minimum absolute atomic E-state index is 0.190. The zero-order valence-corrected chi connectivity index (χ0v) is 17.8. The van der Waals surface area contributed by atoms with Crippen molar-refractivity contribution in [3.8, 4) is 0 Å². The van der Waals surface area contributed by atoms with Crippen molar-refractivity contribution in [3.63, 3.8) is 0 Å². The van der Waals surface area contributed by atoms with Crippen LogP contribution in [0.1, 0.15) is 66.2 Å². The van der Waals surface area contributed by atoms with Crippen LogP contribution >= 0.6 is 0 Å². The lowest BCUT2D eigenvalue weighted by Gasteiger charge is -2.40. The number of ether oxygens (including phenoxy) is 1. The Morgan fingerprint density at radius 2 is 1.92 bits per heavy atom. The van der Waals surface area contributed by atoms with Gasteiger partial charge in [0.1, 0.15) is 0 Å². The average Bonchev–Trinajstić information content (AvgIpc) is 2.64. The molecule has 2 rings (SSSR count).